The van der Waals surface area contributed by atoms with Gasteiger partial charge in [0.15, 0.2) is 0 Å². The summed E-state index contributed by atoms with van der Waals surface area (Å²) in [6.45, 7) is 4.36. The molecule has 3 fully saturated rings. The Morgan fingerprint density at radius 2 is 1.96 bits per heavy atom. The van der Waals surface area contributed by atoms with E-state index in [1.54, 1.807) is 30.3 Å². The van der Waals surface area contributed by atoms with Crippen molar-refractivity contribution in [3.05, 3.63) is 40.9 Å². The normalized spacial score (nSPS) is 34.6. The fourth-order valence-electron chi connectivity index (χ4n) is 5.39. The molecule has 25 heavy (non-hydrogen) atoms. The lowest BCUT2D eigenvalue weighted by Crippen LogP contribution is -2.43. The molecule has 1 amide bonds. The third-order valence-corrected chi connectivity index (χ3v) is 9.08. The molecule has 1 saturated heterocycles. The molecule has 0 aromatic heterocycles. The van der Waals surface area contributed by atoms with Crippen molar-refractivity contribution in [1.82, 2.24) is 4.31 Å². The average molecular weight is 380 g/mol. The Morgan fingerprint density at radius 1 is 1.28 bits per heavy atom. The number of halogens is 1. The van der Waals surface area contributed by atoms with Gasteiger partial charge >= 0.3 is 0 Å². The van der Waals surface area contributed by atoms with Crippen LogP contribution in [-0.4, -0.2) is 30.4 Å². The number of sulfonamides is 1. The van der Waals surface area contributed by atoms with Gasteiger partial charge in [-0.25, -0.2) is 12.7 Å². The summed E-state index contributed by atoms with van der Waals surface area (Å²) in [4.78, 5) is 12.8. The largest absolute Gasteiger partial charge is 0.269 e. The van der Waals surface area contributed by atoms with Crippen LogP contribution in [0, 0.1) is 16.7 Å². The molecule has 4 nitrogen and oxygen atoms in total. The zero-order valence-corrected chi connectivity index (χ0v) is 16.0. The van der Waals surface area contributed by atoms with Crippen molar-refractivity contribution in [2.45, 2.75) is 39.2 Å². The summed E-state index contributed by atoms with van der Waals surface area (Å²) < 4.78 is 26.8. The summed E-state index contributed by atoms with van der Waals surface area (Å²) in [6.07, 6.45) is 5.80. The lowest BCUT2D eigenvalue weighted by Gasteiger charge is -2.36. The van der Waals surface area contributed by atoms with E-state index in [0.717, 1.165) is 24.8 Å². The summed E-state index contributed by atoms with van der Waals surface area (Å²) in [7, 11) is -3.56. The maximum absolute atomic E-state index is 12.8. The maximum Gasteiger partial charge on any atom is 0.260 e. The van der Waals surface area contributed by atoms with Gasteiger partial charge in [0.2, 0.25) is 10.0 Å². The van der Waals surface area contributed by atoms with Gasteiger partial charge in [0.1, 0.15) is 0 Å². The first kappa shape index (κ1) is 17.1. The highest BCUT2D eigenvalue weighted by Gasteiger charge is 2.72. The molecule has 2 unspecified atom stereocenters. The topological polar surface area (TPSA) is 54.5 Å². The first-order valence-electron chi connectivity index (χ1n) is 8.67. The molecule has 2 aliphatic carbocycles. The zero-order valence-electron chi connectivity index (χ0n) is 14.4. The zero-order chi connectivity index (χ0) is 18.0. The number of carbonyl (C=O) groups is 1. The standard InChI is InChI=1S/C19H22ClNO3S/c1-18(2)14-9-10-19(18)12-25(23,24)21(16(19)11-14)17(22)8-5-13-3-6-15(20)7-4-13/h3-8,14,16H,9-12H2,1-2H3/b8-5+/t14?,16?,19-/m1/s1. The van der Waals surface area contributed by atoms with E-state index < -0.39 is 15.9 Å². The Balaban J connectivity index is 1.64. The molecule has 0 N–H and O–H groups in total. The predicted octanol–water partition coefficient (Wildman–Crippen LogP) is 3.72. The van der Waals surface area contributed by atoms with Crippen LogP contribution in [0.15, 0.2) is 30.3 Å². The van der Waals surface area contributed by atoms with E-state index >= 15 is 0 Å². The van der Waals surface area contributed by atoms with Crippen molar-refractivity contribution >= 4 is 33.6 Å². The van der Waals surface area contributed by atoms with Crippen molar-refractivity contribution in [3.8, 4) is 0 Å². The minimum absolute atomic E-state index is 0.0281. The van der Waals surface area contributed by atoms with E-state index in [2.05, 4.69) is 13.8 Å². The van der Waals surface area contributed by atoms with E-state index in [1.165, 1.54) is 10.4 Å². The molecule has 2 saturated carbocycles. The lowest BCUT2D eigenvalue weighted by atomic mass is 9.69. The van der Waals surface area contributed by atoms with Gasteiger partial charge in [0, 0.05) is 16.5 Å². The molecule has 3 aliphatic rings. The molecule has 1 aromatic carbocycles. The molecular formula is C19H22ClNO3S. The summed E-state index contributed by atoms with van der Waals surface area (Å²) in [5, 5.41) is 0.622. The molecule has 3 atom stereocenters. The number of nitrogens with zero attached hydrogens (tertiary/aromatic N) is 1. The Hall–Kier alpha value is -1.33. The van der Waals surface area contributed by atoms with Crippen LogP contribution in [0.2, 0.25) is 5.02 Å². The first-order chi connectivity index (χ1) is 11.7. The number of rotatable bonds is 2. The highest BCUT2D eigenvalue weighted by molar-refractivity contribution is 7.90. The van der Waals surface area contributed by atoms with E-state index in [4.69, 9.17) is 11.6 Å². The number of benzene rings is 1. The smallest absolute Gasteiger partial charge is 0.260 e. The van der Waals surface area contributed by atoms with E-state index in [-0.39, 0.29) is 22.6 Å². The van der Waals surface area contributed by atoms with Gasteiger partial charge in [-0.3, -0.25) is 4.79 Å². The quantitative estimate of drug-likeness (QED) is 0.736. The summed E-state index contributed by atoms with van der Waals surface area (Å²) >= 11 is 5.86. The van der Waals surface area contributed by atoms with Crippen molar-refractivity contribution in [2.24, 2.45) is 16.7 Å². The highest BCUT2D eigenvalue weighted by Crippen LogP contribution is 2.69. The van der Waals surface area contributed by atoms with Gasteiger partial charge in [-0.15, -0.1) is 0 Å². The Labute approximate surface area is 153 Å². The molecule has 6 heteroatoms. The van der Waals surface area contributed by atoms with Crippen LogP contribution in [-0.2, 0) is 14.8 Å². The number of fused-ring (bicyclic) bond motifs is 1. The van der Waals surface area contributed by atoms with Crippen LogP contribution < -0.4 is 0 Å². The summed E-state index contributed by atoms with van der Waals surface area (Å²) in [5.41, 5.74) is 0.511. The van der Waals surface area contributed by atoms with Gasteiger partial charge in [-0.05, 0) is 54.4 Å². The molecule has 1 spiro atoms. The number of hydrogen-bond donors (Lipinski definition) is 0. The second-order valence-electron chi connectivity index (χ2n) is 8.14. The monoisotopic (exact) mass is 379 g/mol. The van der Waals surface area contributed by atoms with Crippen molar-refractivity contribution in [3.63, 3.8) is 0 Å². The summed E-state index contributed by atoms with van der Waals surface area (Å²) in [6, 6.07) is 6.89. The van der Waals surface area contributed by atoms with Crippen LogP contribution in [0.4, 0.5) is 0 Å². The van der Waals surface area contributed by atoms with Crippen LogP contribution in [0.5, 0.6) is 0 Å². The molecule has 0 radical (unpaired) electrons. The van der Waals surface area contributed by atoms with Crippen LogP contribution in [0.1, 0.15) is 38.7 Å². The van der Waals surface area contributed by atoms with Crippen LogP contribution in [0.25, 0.3) is 6.08 Å². The minimum atomic E-state index is -3.56. The molecule has 1 heterocycles. The van der Waals surface area contributed by atoms with E-state index in [1.807, 2.05) is 0 Å². The van der Waals surface area contributed by atoms with Gasteiger partial charge < -0.3 is 0 Å². The summed E-state index contributed by atoms with van der Waals surface area (Å²) in [5.74, 6) is 0.179. The molecule has 2 bridgehead atoms. The molecular weight excluding hydrogens is 358 g/mol. The first-order valence-corrected chi connectivity index (χ1v) is 10.7. The molecule has 1 aliphatic heterocycles. The van der Waals surface area contributed by atoms with Gasteiger partial charge in [0.05, 0.1) is 11.8 Å². The highest BCUT2D eigenvalue weighted by atomic mass is 35.5. The van der Waals surface area contributed by atoms with Crippen LogP contribution >= 0.6 is 11.6 Å². The van der Waals surface area contributed by atoms with Crippen molar-refractivity contribution in [2.75, 3.05) is 5.75 Å². The second kappa shape index (κ2) is 5.34. The average Bonchev–Trinajstić information content (AvgIpc) is 3.01. The fraction of sp³-hybridized carbons (Fsp3) is 0.526. The van der Waals surface area contributed by atoms with Gasteiger partial charge in [-0.2, -0.15) is 0 Å². The minimum Gasteiger partial charge on any atom is -0.269 e. The Morgan fingerprint density at radius 3 is 2.60 bits per heavy atom. The number of amides is 1. The molecule has 4 rings (SSSR count). The lowest BCUT2D eigenvalue weighted by molar-refractivity contribution is -0.123. The Bertz CT molecular complexity index is 859. The van der Waals surface area contributed by atoms with Crippen molar-refractivity contribution in [1.29, 1.82) is 0 Å². The van der Waals surface area contributed by atoms with Crippen LogP contribution in [0.3, 0.4) is 0 Å². The number of carbonyl (C=O) groups excluding carboxylic acids is 1. The van der Waals surface area contributed by atoms with Crippen molar-refractivity contribution < 1.29 is 13.2 Å². The Kier molecular flexibility index (Phi) is 3.65. The molecule has 1 aromatic rings. The predicted molar refractivity (Wildman–Crippen MR) is 98.5 cm³/mol. The van der Waals surface area contributed by atoms with E-state index in [0.29, 0.717) is 10.9 Å². The third-order valence-electron chi connectivity index (χ3n) is 6.92. The number of hydrogen-bond acceptors (Lipinski definition) is 3. The SMILES string of the molecule is CC1(C)C2CC[C@]13CS(=O)(=O)N(C(=O)/C=C/c1ccc(Cl)cc1)C3C2. The molecule has 134 valence electrons. The van der Waals surface area contributed by atoms with Gasteiger partial charge in [0.25, 0.3) is 5.91 Å². The van der Waals surface area contributed by atoms with Gasteiger partial charge in [-0.1, -0.05) is 37.6 Å². The third kappa shape index (κ3) is 2.32. The van der Waals surface area contributed by atoms with E-state index in [9.17, 15) is 13.2 Å². The second-order valence-corrected chi connectivity index (χ2v) is 10.4. The maximum atomic E-state index is 12.8. The fourth-order valence-corrected chi connectivity index (χ4v) is 8.03.